The highest BCUT2D eigenvalue weighted by Crippen LogP contribution is 2.28. The lowest BCUT2D eigenvalue weighted by Gasteiger charge is -2.21. The Hall–Kier alpha value is -1.82. The average Bonchev–Trinajstić information content (AvgIpc) is 2.76. The molecule has 104 valence electrons. The third-order valence-corrected chi connectivity index (χ3v) is 4.21. The van der Waals surface area contributed by atoms with Gasteiger partial charge in [-0.3, -0.25) is 9.69 Å². The van der Waals surface area contributed by atoms with Gasteiger partial charge in [-0.15, -0.1) is 0 Å². The maximum Gasteiger partial charge on any atom is 0.278 e. The van der Waals surface area contributed by atoms with E-state index in [1.54, 1.807) is 28.8 Å². The third-order valence-electron chi connectivity index (χ3n) is 3.15. The predicted molar refractivity (Wildman–Crippen MR) is 77.2 cm³/mol. The summed E-state index contributed by atoms with van der Waals surface area (Å²) >= 11 is 1.58. The maximum atomic E-state index is 13.6. The molecular formula is C14H13FN2O2S. The molecule has 1 saturated heterocycles. The number of methoxy groups -OCH3 is 1. The minimum Gasteiger partial charge on any atom is -0.494 e. The van der Waals surface area contributed by atoms with E-state index in [0.717, 1.165) is 17.3 Å². The summed E-state index contributed by atoms with van der Waals surface area (Å²) in [6, 6.07) is 4.58. The normalized spacial score (nSPS) is 20.1. The molecule has 0 atom stereocenters. The van der Waals surface area contributed by atoms with Crippen LogP contribution in [-0.2, 0) is 4.79 Å². The molecule has 20 heavy (non-hydrogen) atoms. The van der Waals surface area contributed by atoms with Gasteiger partial charge in [-0.1, -0.05) is 17.8 Å². The molecule has 1 fully saturated rings. The second-order valence-corrected chi connectivity index (χ2v) is 5.54. The Morgan fingerprint density at radius 1 is 1.50 bits per heavy atom. The summed E-state index contributed by atoms with van der Waals surface area (Å²) in [5, 5.41) is 0.751. The summed E-state index contributed by atoms with van der Waals surface area (Å²) in [6.07, 6.45) is 2.58. The first kappa shape index (κ1) is 13.2. The Labute approximate surface area is 120 Å². The number of amides is 1. The molecule has 0 bridgehead atoms. The molecule has 0 N–H and O–H groups in total. The third kappa shape index (κ3) is 2.31. The molecule has 0 saturated carbocycles. The first-order valence-electron chi connectivity index (χ1n) is 6.27. The van der Waals surface area contributed by atoms with E-state index < -0.39 is 5.82 Å². The number of carbonyl (C=O) groups excluding carboxylic acids is 1. The smallest absolute Gasteiger partial charge is 0.278 e. The van der Waals surface area contributed by atoms with Crippen LogP contribution in [0, 0.1) is 5.82 Å². The lowest BCUT2D eigenvalue weighted by molar-refractivity contribution is -0.122. The monoisotopic (exact) mass is 292 g/mol. The number of thioether (sulfide) groups is 1. The zero-order valence-electron chi connectivity index (χ0n) is 10.9. The number of ether oxygens (including phenoxy) is 1. The number of hydrogen-bond acceptors (Lipinski definition) is 4. The molecule has 0 unspecified atom stereocenters. The first-order chi connectivity index (χ1) is 9.69. The topological polar surface area (TPSA) is 41.9 Å². The minimum atomic E-state index is -0.452. The molecular weight excluding hydrogens is 279 g/mol. The molecule has 2 heterocycles. The lowest BCUT2D eigenvalue weighted by Crippen LogP contribution is -2.34. The van der Waals surface area contributed by atoms with Crippen molar-refractivity contribution >= 4 is 28.9 Å². The van der Waals surface area contributed by atoms with Crippen LogP contribution >= 0.6 is 11.8 Å². The molecule has 0 radical (unpaired) electrons. The van der Waals surface area contributed by atoms with Crippen LogP contribution in [0.2, 0.25) is 0 Å². The van der Waals surface area contributed by atoms with Crippen LogP contribution in [0.4, 0.5) is 4.39 Å². The van der Waals surface area contributed by atoms with E-state index in [2.05, 4.69) is 4.99 Å². The number of benzene rings is 1. The highest BCUT2D eigenvalue weighted by molar-refractivity contribution is 8.13. The molecule has 0 aromatic heterocycles. The van der Waals surface area contributed by atoms with Crippen molar-refractivity contribution in [3.63, 3.8) is 0 Å². The minimum absolute atomic E-state index is 0.108. The van der Waals surface area contributed by atoms with Crippen molar-refractivity contribution in [1.82, 2.24) is 4.90 Å². The van der Waals surface area contributed by atoms with Crippen molar-refractivity contribution in [3.8, 4) is 5.75 Å². The van der Waals surface area contributed by atoms with E-state index in [9.17, 15) is 9.18 Å². The lowest BCUT2D eigenvalue weighted by atomic mass is 10.1. The molecule has 4 nitrogen and oxygen atoms in total. The van der Waals surface area contributed by atoms with Gasteiger partial charge < -0.3 is 4.74 Å². The Kier molecular flexibility index (Phi) is 3.48. The fourth-order valence-electron chi connectivity index (χ4n) is 2.15. The van der Waals surface area contributed by atoms with Gasteiger partial charge in [0.1, 0.15) is 5.70 Å². The molecule has 1 aromatic rings. The van der Waals surface area contributed by atoms with E-state index in [0.29, 0.717) is 17.8 Å². The van der Waals surface area contributed by atoms with Gasteiger partial charge in [0.25, 0.3) is 5.91 Å². The van der Waals surface area contributed by atoms with Crippen LogP contribution < -0.4 is 4.74 Å². The van der Waals surface area contributed by atoms with Crippen molar-refractivity contribution in [2.45, 2.75) is 6.42 Å². The van der Waals surface area contributed by atoms with Crippen molar-refractivity contribution in [3.05, 3.63) is 35.3 Å². The van der Waals surface area contributed by atoms with E-state index in [4.69, 9.17) is 4.74 Å². The number of aliphatic imine (C=N–C) groups is 1. The Morgan fingerprint density at radius 3 is 3.05 bits per heavy atom. The Morgan fingerprint density at radius 2 is 2.35 bits per heavy atom. The van der Waals surface area contributed by atoms with Gasteiger partial charge in [-0.2, -0.15) is 0 Å². The summed E-state index contributed by atoms with van der Waals surface area (Å²) in [5.41, 5.74) is 0.958. The molecule has 2 aliphatic heterocycles. The number of carbonyl (C=O) groups is 1. The number of halogens is 1. The number of amidine groups is 1. The maximum absolute atomic E-state index is 13.6. The van der Waals surface area contributed by atoms with Crippen LogP contribution in [0.1, 0.15) is 12.0 Å². The van der Waals surface area contributed by atoms with E-state index >= 15 is 0 Å². The van der Waals surface area contributed by atoms with Crippen molar-refractivity contribution < 1.29 is 13.9 Å². The fourth-order valence-corrected chi connectivity index (χ4v) is 3.10. The van der Waals surface area contributed by atoms with Gasteiger partial charge in [0.05, 0.1) is 7.11 Å². The number of fused-ring (bicyclic) bond motifs is 1. The van der Waals surface area contributed by atoms with Gasteiger partial charge in [-0.25, -0.2) is 9.38 Å². The van der Waals surface area contributed by atoms with Crippen molar-refractivity contribution in [1.29, 1.82) is 0 Å². The van der Waals surface area contributed by atoms with Crippen molar-refractivity contribution in [2.24, 2.45) is 4.99 Å². The van der Waals surface area contributed by atoms with Crippen LogP contribution in [0.3, 0.4) is 0 Å². The average molecular weight is 292 g/mol. The van der Waals surface area contributed by atoms with E-state index in [-0.39, 0.29) is 11.7 Å². The predicted octanol–water partition coefficient (Wildman–Crippen LogP) is 2.51. The van der Waals surface area contributed by atoms with E-state index in [1.807, 2.05) is 0 Å². The molecule has 0 spiro atoms. The summed E-state index contributed by atoms with van der Waals surface area (Å²) in [7, 11) is 1.41. The Balaban J connectivity index is 1.91. The number of rotatable bonds is 2. The Bertz CT molecular complexity index is 628. The van der Waals surface area contributed by atoms with Gasteiger partial charge in [0.15, 0.2) is 16.7 Å². The second-order valence-electron chi connectivity index (χ2n) is 4.48. The molecule has 0 aliphatic carbocycles. The standard InChI is InChI=1S/C14H13FN2O2S/c1-19-12-4-3-9(7-10(12)15)8-11-13(18)17-5-2-6-20-14(17)16-11/h3-4,7-8H,2,5-6H2,1H3/b11-8-. The largest absolute Gasteiger partial charge is 0.494 e. The molecule has 2 aliphatic rings. The quantitative estimate of drug-likeness (QED) is 0.787. The zero-order chi connectivity index (χ0) is 14.1. The van der Waals surface area contributed by atoms with Gasteiger partial charge in [-0.05, 0) is 30.2 Å². The summed E-state index contributed by atoms with van der Waals surface area (Å²) < 4.78 is 18.5. The molecule has 3 rings (SSSR count). The number of hydrogen-bond donors (Lipinski definition) is 0. The van der Waals surface area contributed by atoms with Gasteiger partial charge in [0, 0.05) is 12.3 Å². The highest BCUT2D eigenvalue weighted by Gasteiger charge is 2.32. The summed E-state index contributed by atoms with van der Waals surface area (Å²) in [5.74, 6) is 0.604. The van der Waals surface area contributed by atoms with Crippen molar-refractivity contribution in [2.75, 3.05) is 19.4 Å². The molecule has 1 amide bonds. The highest BCUT2D eigenvalue weighted by atomic mass is 32.2. The van der Waals surface area contributed by atoms with Crippen LogP contribution in [-0.4, -0.2) is 35.4 Å². The van der Waals surface area contributed by atoms with Crippen LogP contribution in [0.25, 0.3) is 6.08 Å². The second kappa shape index (κ2) is 5.28. The zero-order valence-corrected chi connectivity index (χ0v) is 11.7. The van der Waals surface area contributed by atoms with Crippen LogP contribution in [0.5, 0.6) is 5.75 Å². The first-order valence-corrected chi connectivity index (χ1v) is 7.26. The van der Waals surface area contributed by atoms with Gasteiger partial charge >= 0.3 is 0 Å². The number of nitrogens with zero attached hydrogens (tertiary/aromatic N) is 2. The summed E-state index contributed by atoms with van der Waals surface area (Å²) in [4.78, 5) is 18.2. The SMILES string of the molecule is COc1ccc(/C=C2\N=C3SCCCN3C2=O)cc1F. The fraction of sp³-hybridized carbons (Fsp3) is 0.286. The molecule has 1 aromatic carbocycles. The van der Waals surface area contributed by atoms with Gasteiger partial charge in [0.2, 0.25) is 0 Å². The molecule has 6 heteroatoms. The van der Waals surface area contributed by atoms with E-state index in [1.165, 1.54) is 19.2 Å². The van der Waals surface area contributed by atoms with Crippen LogP contribution in [0.15, 0.2) is 28.9 Å². The summed E-state index contributed by atoms with van der Waals surface area (Å²) in [6.45, 7) is 0.707.